The number of rotatable bonds is 9. The van der Waals surface area contributed by atoms with Gasteiger partial charge in [0, 0.05) is 12.6 Å². The zero-order valence-corrected chi connectivity index (χ0v) is 17.6. The smallest absolute Gasteiger partial charge is 0.287 e. The summed E-state index contributed by atoms with van der Waals surface area (Å²) >= 11 is 0. The van der Waals surface area contributed by atoms with Crippen molar-refractivity contribution in [2.75, 3.05) is 0 Å². The number of aromatic nitrogens is 2. The normalized spacial score (nSPS) is 12.6. The fourth-order valence-electron chi connectivity index (χ4n) is 3.37. The summed E-state index contributed by atoms with van der Waals surface area (Å²) in [4.78, 5) is 41.5. The Morgan fingerprint density at radius 3 is 2.66 bits per heavy atom. The molecular formula is C24H23N5O3. The maximum absolute atomic E-state index is 13.0. The molecule has 0 aliphatic rings. The molecule has 1 heterocycles. The molecule has 1 unspecified atom stereocenters. The van der Waals surface area contributed by atoms with E-state index in [-0.39, 0.29) is 12.1 Å². The Morgan fingerprint density at radius 2 is 1.94 bits per heavy atom. The zero-order chi connectivity index (χ0) is 23.1. The molecular weight excluding hydrogens is 406 g/mol. The first-order valence-electron chi connectivity index (χ1n) is 9.93. The maximum Gasteiger partial charge on any atom is 0.287 e. The van der Waals surface area contributed by atoms with Crippen molar-refractivity contribution in [2.45, 2.75) is 19.4 Å². The standard InChI is InChI=1S/C24H23N5O3/c1-3-8-21(26-4-2)29-20(13-14-27-29)24(32)28-19(22(30)23(25)31)15-17-11-7-10-16-9-5-6-12-18(16)17/h3-14,19H,1,15H2,2H3,(H2,25,31)(H,28,32)/b21-8+,26-4-. The van der Waals surface area contributed by atoms with E-state index in [4.69, 9.17) is 5.73 Å². The molecule has 0 fully saturated rings. The fourth-order valence-corrected chi connectivity index (χ4v) is 3.37. The molecule has 3 N–H and O–H groups in total. The Labute approximate surface area is 185 Å². The third-order valence-corrected chi connectivity index (χ3v) is 4.79. The van der Waals surface area contributed by atoms with Crippen molar-refractivity contribution >= 4 is 40.4 Å². The van der Waals surface area contributed by atoms with E-state index >= 15 is 0 Å². The van der Waals surface area contributed by atoms with Gasteiger partial charge in [0.2, 0.25) is 5.78 Å². The lowest BCUT2D eigenvalue weighted by Crippen LogP contribution is -2.47. The number of carbonyl (C=O) groups is 3. The Hall–Kier alpha value is -4.33. The Kier molecular flexibility index (Phi) is 7.07. The van der Waals surface area contributed by atoms with Crippen LogP contribution in [0, 0.1) is 0 Å². The third-order valence-electron chi connectivity index (χ3n) is 4.79. The first kappa shape index (κ1) is 22.4. The van der Waals surface area contributed by atoms with Crippen molar-refractivity contribution in [1.29, 1.82) is 0 Å². The average molecular weight is 429 g/mol. The highest BCUT2D eigenvalue weighted by molar-refractivity contribution is 6.38. The molecule has 2 amide bonds. The van der Waals surface area contributed by atoms with Gasteiger partial charge in [-0.05, 0) is 35.4 Å². The molecule has 0 saturated heterocycles. The van der Waals surface area contributed by atoms with E-state index in [0.29, 0.717) is 5.82 Å². The lowest BCUT2D eigenvalue weighted by molar-refractivity contribution is -0.137. The van der Waals surface area contributed by atoms with Gasteiger partial charge in [0.25, 0.3) is 11.8 Å². The average Bonchev–Trinajstić information content (AvgIpc) is 3.28. The maximum atomic E-state index is 13.0. The summed E-state index contributed by atoms with van der Waals surface area (Å²) in [5.74, 6) is -2.23. The van der Waals surface area contributed by atoms with Crippen LogP contribution in [-0.4, -0.2) is 39.6 Å². The van der Waals surface area contributed by atoms with Crippen LogP contribution in [0.25, 0.3) is 16.6 Å². The number of nitrogens with two attached hydrogens (primary N) is 1. The molecule has 1 atom stereocenters. The van der Waals surface area contributed by atoms with Gasteiger partial charge in [-0.25, -0.2) is 9.67 Å². The number of hydrogen-bond acceptors (Lipinski definition) is 5. The van der Waals surface area contributed by atoms with Gasteiger partial charge < -0.3 is 11.1 Å². The second-order valence-corrected chi connectivity index (χ2v) is 6.87. The highest BCUT2D eigenvalue weighted by Gasteiger charge is 2.27. The minimum atomic E-state index is -1.14. The predicted molar refractivity (Wildman–Crippen MR) is 124 cm³/mol. The number of benzene rings is 2. The Bertz CT molecular complexity index is 1230. The lowest BCUT2D eigenvalue weighted by atomic mass is 9.96. The van der Waals surface area contributed by atoms with Crippen LogP contribution in [0.15, 0.2) is 78.5 Å². The molecule has 8 nitrogen and oxygen atoms in total. The topological polar surface area (TPSA) is 119 Å². The number of fused-ring (bicyclic) bond motifs is 1. The molecule has 0 bridgehead atoms. The number of primary amides is 1. The molecule has 0 saturated carbocycles. The first-order chi connectivity index (χ1) is 15.5. The van der Waals surface area contributed by atoms with Crippen molar-refractivity contribution in [1.82, 2.24) is 15.1 Å². The summed E-state index contributed by atoms with van der Waals surface area (Å²) < 4.78 is 1.32. The zero-order valence-electron chi connectivity index (χ0n) is 17.6. The SMILES string of the molecule is C=C/C=C(\N=C/C)n1nccc1C(=O)NC(Cc1cccc2ccccc12)C(=O)C(N)=O. The number of nitrogens with one attached hydrogen (secondary N) is 1. The van der Waals surface area contributed by atoms with Crippen LogP contribution >= 0.6 is 0 Å². The molecule has 0 spiro atoms. The van der Waals surface area contributed by atoms with Crippen LogP contribution in [0.4, 0.5) is 0 Å². The van der Waals surface area contributed by atoms with Crippen molar-refractivity contribution in [3.63, 3.8) is 0 Å². The molecule has 32 heavy (non-hydrogen) atoms. The van der Waals surface area contributed by atoms with Gasteiger partial charge in [-0.2, -0.15) is 5.10 Å². The number of aliphatic imine (C=N–C) groups is 1. The second kappa shape index (κ2) is 10.1. The number of carbonyl (C=O) groups excluding carboxylic acids is 3. The molecule has 3 aromatic rings. The third kappa shape index (κ3) is 4.86. The van der Waals surface area contributed by atoms with Crippen molar-refractivity contribution < 1.29 is 14.4 Å². The van der Waals surface area contributed by atoms with Crippen molar-refractivity contribution in [3.8, 4) is 0 Å². The van der Waals surface area contributed by atoms with Crippen LogP contribution < -0.4 is 11.1 Å². The van der Waals surface area contributed by atoms with Gasteiger partial charge in [0.15, 0.2) is 5.82 Å². The molecule has 0 aliphatic heterocycles. The number of allylic oxidation sites excluding steroid dienone is 2. The summed E-state index contributed by atoms with van der Waals surface area (Å²) in [6.07, 6.45) is 6.20. The van der Waals surface area contributed by atoms with Gasteiger partial charge >= 0.3 is 0 Å². The largest absolute Gasteiger partial charge is 0.363 e. The Morgan fingerprint density at radius 1 is 1.19 bits per heavy atom. The van der Waals surface area contributed by atoms with Crippen LogP contribution in [0.2, 0.25) is 0 Å². The van der Waals surface area contributed by atoms with Gasteiger partial charge in [0.05, 0.1) is 6.20 Å². The van der Waals surface area contributed by atoms with E-state index in [0.717, 1.165) is 16.3 Å². The van der Waals surface area contributed by atoms with Crippen molar-refractivity contribution in [2.24, 2.45) is 10.7 Å². The highest BCUT2D eigenvalue weighted by Crippen LogP contribution is 2.20. The minimum Gasteiger partial charge on any atom is -0.363 e. The molecule has 2 aromatic carbocycles. The van der Waals surface area contributed by atoms with Gasteiger partial charge in [0.1, 0.15) is 11.7 Å². The molecule has 0 aliphatic carbocycles. The number of hydrogen-bond donors (Lipinski definition) is 2. The van der Waals surface area contributed by atoms with Crippen LogP contribution in [-0.2, 0) is 16.0 Å². The van der Waals surface area contributed by atoms with Gasteiger partial charge in [-0.3, -0.25) is 14.4 Å². The Balaban J connectivity index is 1.94. The van der Waals surface area contributed by atoms with E-state index in [9.17, 15) is 14.4 Å². The predicted octanol–water partition coefficient (Wildman–Crippen LogP) is 2.51. The highest BCUT2D eigenvalue weighted by atomic mass is 16.2. The summed E-state index contributed by atoms with van der Waals surface area (Å²) in [7, 11) is 0. The van der Waals surface area contributed by atoms with E-state index in [1.165, 1.54) is 23.0 Å². The molecule has 1 aromatic heterocycles. The summed E-state index contributed by atoms with van der Waals surface area (Å²) in [5, 5.41) is 8.68. The second-order valence-electron chi connectivity index (χ2n) is 6.87. The lowest BCUT2D eigenvalue weighted by Gasteiger charge is -2.18. The van der Waals surface area contributed by atoms with E-state index in [1.807, 2.05) is 42.5 Å². The summed E-state index contributed by atoms with van der Waals surface area (Å²) in [6.45, 7) is 5.37. The minimum absolute atomic E-state index is 0.103. The van der Waals surface area contributed by atoms with E-state index in [1.54, 1.807) is 19.2 Å². The van der Waals surface area contributed by atoms with E-state index < -0.39 is 23.6 Å². The van der Waals surface area contributed by atoms with Gasteiger partial charge in [-0.15, -0.1) is 0 Å². The monoisotopic (exact) mass is 429 g/mol. The molecule has 0 radical (unpaired) electrons. The number of nitrogens with zero attached hydrogens (tertiary/aromatic N) is 3. The quantitative estimate of drug-likeness (QED) is 0.308. The van der Waals surface area contributed by atoms with Crippen molar-refractivity contribution in [3.05, 3.63) is 84.7 Å². The first-order valence-corrected chi connectivity index (χ1v) is 9.93. The molecule has 8 heteroatoms. The summed E-state index contributed by atoms with van der Waals surface area (Å²) in [6, 6.07) is 13.7. The van der Waals surface area contributed by atoms with Crippen LogP contribution in [0.5, 0.6) is 0 Å². The molecule has 162 valence electrons. The van der Waals surface area contributed by atoms with E-state index in [2.05, 4.69) is 22.0 Å². The fraction of sp³-hybridized carbons (Fsp3) is 0.125. The molecule has 3 rings (SSSR count). The van der Waals surface area contributed by atoms with Crippen LogP contribution in [0.1, 0.15) is 23.0 Å². The number of Topliss-reactive ketones (excluding diaryl/α,β-unsaturated/α-hetero) is 1. The number of amides is 2. The number of ketones is 1. The van der Waals surface area contributed by atoms with Gasteiger partial charge in [-0.1, -0.05) is 55.1 Å². The van der Waals surface area contributed by atoms with Crippen LogP contribution in [0.3, 0.4) is 0 Å². The summed E-state index contributed by atoms with van der Waals surface area (Å²) in [5.41, 5.74) is 6.21.